The molecule has 1 saturated carbocycles. The second-order valence-corrected chi connectivity index (χ2v) is 4.60. The first kappa shape index (κ1) is 10.7. The van der Waals surface area contributed by atoms with Crippen molar-refractivity contribution in [2.45, 2.75) is 38.7 Å². The molecule has 76 valence electrons. The van der Waals surface area contributed by atoms with Crippen LogP contribution in [0.15, 0.2) is 0 Å². The van der Waals surface area contributed by atoms with Crippen LogP contribution < -0.4 is 5.73 Å². The molecule has 0 aromatic carbocycles. The van der Waals surface area contributed by atoms with Crippen LogP contribution in [0.1, 0.15) is 33.1 Å². The predicted molar refractivity (Wildman–Crippen MR) is 51.2 cm³/mol. The van der Waals surface area contributed by atoms with Crippen LogP contribution in [0, 0.1) is 11.3 Å². The molecule has 0 heterocycles. The van der Waals surface area contributed by atoms with Crippen molar-refractivity contribution in [2.24, 2.45) is 17.1 Å². The summed E-state index contributed by atoms with van der Waals surface area (Å²) in [6.45, 7) is 4.10. The lowest BCUT2D eigenvalue weighted by atomic mass is 9.71. The third kappa shape index (κ3) is 1.63. The fraction of sp³-hybridized carbons (Fsp3) is 0.900. The minimum Gasteiger partial charge on any atom is -0.382 e. The van der Waals surface area contributed by atoms with Crippen molar-refractivity contribution in [1.82, 2.24) is 0 Å². The number of hydrogen-bond acceptors (Lipinski definition) is 3. The summed E-state index contributed by atoms with van der Waals surface area (Å²) in [4.78, 5) is 10.8. The number of aldehydes is 1. The van der Waals surface area contributed by atoms with Crippen molar-refractivity contribution >= 4 is 6.29 Å². The molecular formula is C10H19NO2. The summed E-state index contributed by atoms with van der Waals surface area (Å²) in [5, 5.41) is 9.94. The Morgan fingerprint density at radius 3 is 2.69 bits per heavy atom. The van der Waals surface area contributed by atoms with E-state index in [0.717, 1.165) is 19.3 Å². The van der Waals surface area contributed by atoms with Crippen molar-refractivity contribution in [3.63, 3.8) is 0 Å². The van der Waals surface area contributed by atoms with Gasteiger partial charge in [0.15, 0.2) is 6.29 Å². The average Bonchev–Trinajstić information content (AvgIpc) is 2.49. The smallest absolute Gasteiger partial charge is 0.151 e. The van der Waals surface area contributed by atoms with Crippen LogP contribution in [-0.2, 0) is 4.79 Å². The van der Waals surface area contributed by atoms with Gasteiger partial charge in [-0.05, 0) is 32.1 Å². The van der Waals surface area contributed by atoms with Crippen molar-refractivity contribution in [1.29, 1.82) is 0 Å². The first-order chi connectivity index (χ1) is 5.97. The second-order valence-electron chi connectivity index (χ2n) is 4.60. The van der Waals surface area contributed by atoms with Gasteiger partial charge in [0.25, 0.3) is 0 Å². The monoisotopic (exact) mass is 185 g/mol. The molecule has 3 nitrogen and oxygen atoms in total. The highest BCUT2D eigenvalue weighted by atomic mass is 16.3. The van der Waals surface area contributed by atoms with Gasteiger partial charge in [-0.2, -0.15) is 0 Å². The number of nitrogens with two attached hydrogens (primary N) is 1. The SMILES string of the molecule is CC1CCC(CN)(C(C)(O)C=O)C1. The molecular weight excluding hydrogens is 166 g/mol. The normalized spacial score (nSPS) is 38.6. The third-order valence-electron chi connectivity index (χ3n) is 3.55. The Hall–Kier alpha value is -0.410. The van der Waals surface area contributed by atoms with Gasteiger partial charge < -0.3 is 15.6 Å². The van der Waals surface area contributed by atoms with Crippen molar-refractivity contribution < 1.29 is 9.90 Å². The molecule has 0 aromatic heterocycles. The summed E-state index contributed by atoms with van der Waals surface area (Å²) in [6.07, 6.45) is 3.41. The van der Waals surface area contributed by atoms with Crippen LogP contribution in [0.5, 0.6) is 0 Å². The van der Waals surface area contributed by atoms with E-state index in [2.05, 4.69) is 6.92 Å². The number of rotatable bonds is 3. The molecule has 0 radical (unpaired) electrons. The van der Waals surface area contributed by atoms with Crippen LogP contribution in [0.2, 0.25) is 0 Å². The summed E-state index contributed by atoms with van der Waals surface area (Å²) in [7, 11) is 0. The predicted octanol–water partition coefficient (Wildman–Crippen LogP) is 0.701. The minimum atomic E-state index is -1.26. The molecule has 13 heavy (non-hydrogen) atoms. The van der Waals surface area contributed by atoms with Crippen LogP contribution in [-0.4, -0.2) is 23.5 Å². The molecule has 3 atom stereocenters. The topological polar surface area (TPSA) is 63.3 Å². The van der Waals surface area contributed by atoms with Crippen LogP contribution in [0.3, 0.4) is 0 Å². The molecule has 0 amide bonds. The van der Waals surface area contributed by atoms with Gasteiger partial charge in [-0.25, -0.2) is 0 Å². The van der Waals surface area contributed by atoms with Gasteiger partial charge in [0.1, 0.15) is 5.60 Å². The van der Waals surface area contributed by atoms with Gasteiger partial charge >= 0.3 is 0 Å². The van der Waals surface area contributed by atoms with Gasteiger partial charge in [0.2, 0.25) is 0 Å². The summed E-state index contributed by atoms with van der Waals surface area (Å²) in [6, 6.07) is 0. The zero-order valence-corrected chi connectivity index (χ0v) is 8.42. The van der Waals surface area contributed by atoms with Crippen LogP contribution in [0.25, 0.3) is 0 Å². The fourth-order valence-corrected chi connectivity index (χ4v) is 2.37. The van der Waals surface area contributed by atoms with Gasteiger partial charge in [0, 0.05) is 12.0 Å². The summed E-state index contributed by atoms with van der Waals surface area (Å²) in [5.74, 6) is 0.565. The third-order valence-corrected chi connectivity index (χ3v) is 3.55. The summed E-state index contributed by atoms with van der Waals surface area (Å²) < 4.78 is 0. The fourth-order valence-electron chi connectivity index (χ4n) is 2.37. The van der Waals surface area contributed by atoms with Gasteiger partial charge in [0.05, 0.1) is 0 Å². The second kappa shape index (κ2) is 3.39. The maximum atomic E-state index is 10.8. The highest BCUT2D eigenvalue weighted by Gasteiger charge is 2.49. The van der Waals surface area contributed by atoms with E-state index in [0.29, 0.717) is 18.7 Å². The van der Waals surface area contributed by atoms with Gasteiger partial charge in [-0.15, -0.1) is 0 Å². The standard InChI is InChI=1S/C10H19NO2/c1-8-3-4-10(5-8,6-11)9(2,13)7-12/h7-8,13H,3-6,11H2,1-2H3. The van der Waals surface area contributed by atoms with E-state index >= 15 is 0 Å². The van der Waals surface area contributed by atoms with Crippen molar-refractivity contribution in [2.75, 3.05) is 6.54 Å². The number of carbonyl (C=O) groups excluding carboxylic acids is 1. The highest BCUT2D eigenvalue weighted by Crippen LogP contribution is 2.47. The zero-order valence-electron chi connectivity index (χ0n) is 8.42. The Morgan fingerprint density at radius 1 is 1.77 bits per heavy atom. The van der Waals surface area contributed by atoms with E-state index in [4.69, 9.17) is 5.73 Å². The molecule has 3 heteroatoms. The van der Waals surface area contributed by atoms with Crippen LogP contribution >= 0.6 is 0 Å². The van der Waals surface area contributed by atoms with Gasteiger partial charge in [-0.3, -0.25) is 0 Å². The lowest BCUT2D eigenvalue weighted by Crippen LogP contribution is -2.50. The first-order valence-corrected chi connectivity index (χ1v) is 4.86. The molecule has 3 N–H and O–H groups in total. The van der Waals surface area contributed by atoms with Gasteiger partial charge in [-0.1, -0.05) is 6.92 Å². The lowest BCUT2D eigenvalue weighted by Gasteiger charge is -2.38. The molecule has 0 bridgehead atoms. The van der Waals surface area contributed by atoms with E-state index in [1.165, 1.54) is 0 Å². The Morgan fingerprint density at radius 2 is 2.38 bits per heavy atom. The number of hydrogen-bond donors (Lipinski definition) is 2. The van der Waals surface area contributed by atoms with Crippen LogP contribution in [0.4, 0.5) is 0 Å². The number of aliphatic hydroxyl groups is 1. The Kier molecular flexibility index (Phi) is 2.78. The highest BCUT2D eigenvalue weighted by molar-refractivity contribution is 5.63. The Labute approximate surface area is 79.3 Å². The van der Waals surface area contributed by atoms with E-state index in [1.54, 1.807) is 6.92 Å². The maximum absolute atomic E-state index is 10.8. The quantitative estimate of drug-likeness (QED) is 0.636. The molecule has 0 aliphatic heterocycles. The van der Waals surface area contributed by atoms with E-state index in [9.17, 15) is 9.90 Å². The van der Waals surface area contributed by atoms with E-state index in [1.807, 2.05) is 0 Å². The first-order valence-electron chi connectivity index (χ1n) is 4.86. The Balaban J connectivity index is 2.88. The summed E-state index contributed by atoms with van der Waals surface area (Å²) >= 11 is 0. The Bertz CT molecular complexity index is 203. The molecule has 0 aromatic rings. The van der Waals surface area contributed by atoms with E-state index in [-0.39, 0.29) is 5.41 Å². The minimum absolute atomic E-state index is 0.381. The number of carbonyl (C=O) groups is 1. The van der Waals surface area contributed by atoms with E-state index < -0.39 is 5.60 Å². The van der Waals surface area contributed by atoms with Crippen molar-refractivity contribution in [3.05, 3.63) is 0 Å². The average molecular weight is 185 g/mol. The molecule has 0 spiro atoms. The zero-order chi connectivity index (χ0) is 10.1. The summed E-state index contributed by atoms with van der Waals surface area (Å²) in [5.41, 5.74) is 4.04. The molecule has 3 unspecified atom stereocenters. The largest absolute Gasteiger partial charge is 0.382 e. The lowest BCUT2D eigenvalue weighted by molar-refractivity contribution is -0.136. The molecule has 1 aliphatic rings. The molecule has 0 saturated heterocycles. The van der Waals surface area contributed by atoms with Crippen molar-refractivity contribution in [3.8, 4) is 0 Å². The molecule has 1 rings (SSSR count). The maximum Gasteiger partial charge on any atom is 0.151 e. The molecule has 1 aliphatic carbocycles. The molecule has 1 fully saturated rings.